The summed E-state index contributed by atoms with van der Waals surface area (Å²) in [4.78, 5) is 10.2. The van der Waals surface area contributed by atoms with Gasteiger partial charge >= 0.3 is 0 Å². The third-order valence-corrected chi connectivity index (χ3v) is 2.48. The van der Waals surface area contributed by atoms with Crippen molar-refractivity contribution >= 4 is 17.8 Å². The van der Waals surface area contributed by atoms with Gasteiger partial charge in [-0.1, -0.05) is 0 Å². The summed E-state index contributed by atoms with van der Waals surface area (Å²) >= 11 is 0. The van der Waals surface area contributed by atoms with Gasteiger partial charge in [0, 0.05) is 11.8 Å². The molecule has 1 aromatic rings. The Balaban J connectivity index is 2.58. The van der Waals surface area contributed by atoms with Gasteiger partial charge in [-0.15, -0.1) is 0 Å². The topological polar surface area (TPSA) is 70.6 Å². The minimum atomic E-state index is 0.0558. The number of aromatic hydroxyl groups is 1. The summed E-state index contributed by atoms with van der Waals surface area (Å²) < 4.78 is 5.43. The molecule has 1 aromatic carbocycles. The number of ether oxygens (including phenoxy) is 1. The van der Waals surface area contributed by atoms with E-state index in [2.05, 4.69) is 10.6 Å². The Morgan fingerprint density at radius 3 is 2.67 bits per heavy atom. The number of rotatable bonds is 6. The van der Waals surface area contributed by atoms with Crippen LogP contribution in [-0.2, 0) is 9.53 Å². The first kappa shape index (κ1) is 13.9. The highest BCUT2D eigenvalue weighted by Crippen LogP contribution is 2.26. The van der Waals surface area contributed by atoms with Crippen LogP contribution in [0.5, 0.6) is 5.75 Å². The van der Waals surface area contributed by atoms with E-state index in [1.165, 1.54) is 6.07 Å². The lowest BCUT2D eigenvalue weighted by atomic mass is 10.2. The molecular weight excluding hydrogens is 232 g/mol. The highest BCUT2D eigenvalue weighted by molar-refractivity contribution is 5.74. The average Bonchev–Trinajstić information content (AvgIpc) is 2.32. The fraction of sp³-hybridized carbons (Fsp3) is 0.308. The lowest BCUT2D eigenvalue weighted by molar-refractivity contribution is -0.105. The molecule has 0 unspecified atom stereocenters. The molecule has 0 spiro atoms. The normalized spacial score (nSPS) is 9.50. The first-order valence-electron chi connectivity index (χ1n) is 5.58. The average molecular weight is 250 g/mol. The summed E-state index contributed by atoms with van der Waals surface area (Å²) in [7, 11) is 0. The molecule has 1 amide bonds. The number of benzene rings is 1. The van der Waals surface area contributed by atoms with Gasteiger partial charge in [-0.3, -0.25) is 4.79 Å². The molecule has 0 aromatic heterocycles. The van der Waals surface area contributed by atoms with E-state index in [4.69, 9.17) is 4.74 Å². The SMILES string of the molecule is CC(C)=C(C)OCNc1ccc(NC=O)cc1O. The van der Waals surface area contributed by atoms with Crippen molar-refractivity contribution in [2.75, 3.05) is 17.4 Å². The number of phenols is 1. The number of phenolic OH excluding ortho intramolecular Hbond substituents is 1. The molecule has 0 saturated carbocycles. The van der Waals surface area contributed by atoms with Crippen molar-refractivity contribution in [1.82, 2.24) is 0 Å². The van der Waals surface area contributed by atoms with Gasteiger partial charge in [0.25, 0.3) is 0 Å². The zero-order valence-electron chi connectivity index (χ0n) is 10.8. The van der Waals surface area contributed by atoms with E-state index in [-0.39, 0.29) is 12.5 Å². The zero-order chi connectivity index (χ0) is 13.5. The van der Waals surface area contributed by atoms with E-state index in [1.54, 1.807) is 12.1 Å². The summed E-state index contributed by atoms with van der Waals surface area (Å²) in [6.45, 7) is 6.08. The molecule has 0 aliphatic heterocycles. The predicted molar refractivity (Wildman–Crippen MR) is 71.4 cm³/mol. The van der Waals surface area contributed by atoms with E-state index in [0.717, 1.165) is 11.3 Å². The van der Waals surface area contributed by atoms with E-state index in [0.29, 0.717) is 17.8 Å². The third kappa shape index (κ3) is 4.01. The van der Waals surface area contributed by atoms with Crippen LogP contribution in [0.3, 0.4) is 0 Å². The monoisotopic (exact) mass is 250 g/mol. The van der Waals surface area contributed by atoms with Gasteiger partial charge in [-0.2, -0.15) is 0 Å². The molecule has 0 aliphatic rings. The van der Waals surface area contributed by atoms with Crippen LogP contribution in [0.1, 0.15) is 20.8 Å². The smallest absolute Gasteiger partial charge is 0.211 e. The first-order chi connectivity index (χ1) is 8.54. The Morgan fingerprint density at radius 1 is 1.39 bits per heavy atom. The molecule has 5 heteroatoms. The van der Waals surface area contributed by atoms with Crippen molar-refractivity contribution < 1.29 is 14.6 Å². The highest BCUT2D eigenvalue weighted by Gasteiger charge is 2.02. The number of allylic oxidation sites excluding steroid dienone is 2. The Kier molecular flexibility index (Phi) is 5.05. The summed E-state index contributed by atoms with van der Waals surface area (Å²) in [6.07, 6.45) is 0.559. The number of carbonyl (C=O) groups is 1. The molecule has 0 aliphatic carbocycles. The largest absolute Gasteiger partial charge is 0.506 e. The van der Waals surface area contributed by atoms with Gasteiger partial charge in [0.05, 0.1) is 11.4 Å². The molecule has 3 N–H and O–H groups in total. The minimum absolute atomic E-state index is 0.0558. The molecule has 18 heavy (non-hydrogen) atoms. The predicted octanol–water partition coefficient (Wildman–Crippen LogP) is 2.66. The van der Waals surface area contributed by atoms with Gasteiger partial charge in [-0.05, 0) is 38.5 Å². The van der Waals surface area contributed by atoms with Crippen molar-refractivity contribution in [1.29, 1.82) is 0 Å². The Hall–Kier alpha value is -2.17. The summed E-state index contributed by atoms with van der Waals surface area (Å²) in [5.41, 5.74) is 2.19. The highest BCUT2D eigenvalue weighted by atomic mass is 16.5. The zero-order valence-corrected chi connectivity index (χ0v) is 10.8. The number of nitrogens with one attached hydrogen (secondary N) is 2. The molecule has 0 radical (unpaired) electrons. The molecule has 0 saturated heterocycles. The second kappa shape index (κ2) is 6.54. The molecule has 98 valence electrons. The molecule has 0 heterocycles. The number of amides is 1. The van der Waals surface area contributed by atoms with Crippen molar-refractivity contribution in [3.05, 3.63) is 29.5 Å². The van der Waals surface area contributed by atoms with Gasteiger partial charge in [0.2, 0.25) is 6.41 Å². The molecule has 0 bridgehead atoms. The van der Waals surface area contributed by atoms with Crippen LogP contribution in [0.25, 0.3) is 0 Å². The molecule has 5 nitrogen and oxygen atoms in total. The minimum Gasteiger partial charge on any atom is -0.506 e. The van der Waals surface area contributed by atoms with Crippen LogP contribution in [0.2, 0.25) is 0 Å². The van der Waals surface area contributed by atoms with Crippen molar-refractivity contribution in [3.63, 3.8) is 0 Å². The molecule has 1 rings (SSSR count). The molecular formula is C13H18N2O3. The quantitative estimate of drug-likeness (QED) is 0.314. The molecule has 0 fully saturated rings. The van der Waals surface area contributed by atoms with Crippen molar-refractivity contribution in [3.8, 4) is 5.75 Å². The fourth-order valence-corrected chi connectivity index (χ4v) is 1.21. The molecule has 0 atom stereocenters. The number of anilines is 2. The van der Waals surface area contributed by atoms with Crippen LogP contribution < -0.4 is 10.6 Å². The number of hydrogen-bond donors (Lipinski definition) is 3. The number of hydrogen-bond acceptors (Lipinski definition) is 4. The van der Waals surface area contributed by atoms with Crippen LogP contribution in [0.15, 0.2) is 29.5 Å². The fourth-order valence-electron chi connectivity index (χ4n) is 1.21. The van der Waals surface area contributed by atoms with Crippen molar-refractivity contribution in [2.24, 2.45) is 0 Å². The maximum absolute atomic E-state index is 10.2. The summed E-state index contributed by atoms with van der Waals surface area (Å²) in [5, 5.41) is 15.1. The van der Waals surface area contributed by atoms with Crippen LogP contribution in [0.4, 0.5) is 11.4 Å². The lowest BCUT2D eigenvalue weighted by Gasteiger charge is -2.12. The van der Waals surface area contributed by atoms with Crippen LogP contribution in [0, 0.1) is 0 Å². The van der Waals surface area contributed by atoms with Gasteiger partial charge in [-0.25, -0.2) is 0 Å². The maximum atomic E-state index is 10.2. The number of carbonyl (C=O) groups excluding carboxylic acids is 1. The van der Waals surface area contributed by atoms with E-state index < -0.39 is 0 Å². The van der Waals surface area contributed by atoms with Gasteiger partial charge in [0.15, 0.2) is 6.73 Å². The van der Waals surface area contributed by atoms with E-state index in [1.807, 2.05) is 20.8 Å². The summed E-state index contributed by atoms with van der Waals surface area (Å²) in [5.74, 6) is 0.904. The van der Waals surface area contributed by atoms with E-state index in [9.17, 15) is 9.90 Å². The van der Waals surface area contributed by atoms with E-state index >= 15 is 0 Å². The Morgan fingerprint density at radius 2 is 2.11 bits per heavy atom. The van der Waals surface area contributed by atoms with Crippen LogP contribution >= 0.6 is 0 Å². The maximum Gasteiger partial charge on any atom is 0.211 e. The van der Waals surface area contributed by atoms with Gasteiger partial charge in [0.1, 0.15) is 5.75 Å². The first-order valence-corrected chi connectivity index (χ1v) is 5.58. The summed E-state index contributed by atoms with van der Waals surface area (Å²) in [6, 6.07) is 4.82. The van der Waals surface area contributed by atoms with Crippen molar-refractivity contribution in [2.45, 2.75) is 20.8 Å². The second-order valence-corrected chi connectivity index (χ2v) is 4.02. The van der Waals surface area contributed by atoms with Crippen LogP contribution in [-0.4, -0.2) is 18.2 Å². The van der Waals surface area contributed by atoms with Gasteiger partial charge < -0.3 is 20.5 Å². The lowest BCUT2D eigenvalue weighted by Crippen LogP contribution is -2.06. The second-order valence-electron chi connectivity index (χ2n) is 4.02. The third-order valence-electron chi connectivity index (χ3n) is 2.48. The standard InChI is InChI=1S/C13H18N2O3/c1-9(2)10(3)18-8-15-12-5-4-11(14-7-16)6-13(12)17/h4-7,15,17H,8H2,1-3H3,(H,14,16). The Labute approximate surface area is 106 Å². The Bertz CT molecular complexity index is 452.